The maximum Gasteiger partial charge on any atom is 0.410 e. The van der Waals surface area contributed by atoms with Gasteiger partial charge in [0.05, 0.1) is 16.8 Å². The van der Waals surface area contributed by atoms with Crippen LogP contribution in [0, 0.1) is 0 Å². The van der Waals surface area contributed by atoms with E-state index in [0.717, 1.165) is 41.7 Å². The number of rotatable bonds is 7. The molecule has 0 aliphatic heterocycles. The van der Waals surface area contributed by atoms with Gasteiger partial charge in [0.15, 0.2) is 12.2 Å². The first-order chi connectivity index (χ1) is 16.7. The highest BCUT2D eigenvalue weighted by Crippen LogP contribution is 2.39. The second-order valence-electron chi connectivity index (χ2n) is 9.55. The number of carbonyl (C=O) groups is 1. The third-order valence-corrected chi connectivity index (χ3v) is 7.70. The van der Waals surface area contributed by atoms with Crippen molar-refractivity contribution in [2.75, 3.05) is 10.8 Å². The van der Waals surface area contributed by atoms with E-state index in [2.05, 4.69) is 11.9 Å². The summed E-state index contributed by atoms with van der Waals surface area (Å²) in [7, 11) is 0. The van der Waals surface area contributed by atoms with Gasteiger partial charge in [0.2, 0.25) is 0 Å². The van der Waals surface area contributed by atoms with Crippen LogP contribution in [-0.4, -0.2) is 42.9 Å². The minimum atomic E-state index is -2.24. The van der Waals surface area contributed by atoms with Gasteiger partial charge in [-0.25, -0.2) is 18.3 Å². The molecule has 188 valence electrons. The summed E-state index contributed by atoms with van der Waals surface area (Å²) in [5.41, 5.74) is 2.38. The molecule has 1 aliphatic rings. The molecule has 8 nitrogen and oxygen atoms in total. The summed E-state index contributed by atoms with van der Waals surface area (Å²) >= 11 is -0.887. The summed E-state index contributed by atoms with van der Waals surface area (Å²) in [5, 5.41) is 0.630. The maximum absolute atomic E-state index is 12.8. The molecule has 0 bridgehead atoms. The van der Waals surface area contributed by atoms with E-state index in [9.17, 15) is 13.6 Å². The number of oxazole rings is 1. The van der Waals surface area contributed by atoms with Gasteiger partial charge in [-0.05, 0) is 81.8 Å². The predicted octanol–water partition coefficient (Wildman–Crippen LogP) is 6.18. The van der Waals surface area contributed by atoms with Crippen molar-refractivity contribution in [3.8, 4) is 10.6 Å². The fraction of sp³-hybridized carbons (Fsp3) is 0.440. The molecule has 3 aromatic rings. The maximum atomic E-state index is 12.8. The van der Waals surface area contributed by atoms with Crippen molar-refractivity contribution in [1.29, 1.82) is 0 Å². The average molecular weight is 518 g/mol. The molecule has 10 heteroatoms. The Bertz CT molecular complexity index is 1190. The topological polar surface area (TPSA) is 96.1 Å². The van der Waals surface area contributed by atoms with Crippen LogP contribution in [0.3, 0.4) is 0 Å². The molecule has 1 aliphatic carbocycles. The van der Waals surface area contributed by atoms with E-state index in [1.807, 2.05) is 49.9 Å². The van der Waals surface area contributed by atoms with Crippen LogP contribution in [0.5, 0.6) is 0 Å². The Morgan fingerprint density at radius 2 is 2.09 bits per heavy atom. The van der Waals surface area contributed by atoms with Gasteiger partial charge < -0.3 is 14.1 Å². The number of fused-ring (bicyclic) bond motifs is 1. The third-order valence-electron chi connectivity index (χ3n) is 5.78. The van der Waals surface area contributed by atoms with Crippen molar-refractivity contribution >= 4 is 39.4 Å². The van der Waals surface area contributed by atoms with Gasteiger partial charge in [0, 0.05) is 12.6 Å². The molecule has 2 aromatic heterocycles. The van der Waals surface area contributed by atoms with Gasteiger partial charge in [0.25, 0.3) is 11.3 Å². The second-order valence-corrected chi connectivity index (χ2v) is 11.4. The fourth-order valence-corrected chi connectivity index (χ4v) is 6.00. The van der Waals surface area contributed by atoms with Crippen LogP contribution in [0.2, 0.25) is 0 Å². The Morgan fingerprint density at radius 1 is 1.29 bits per heavy atom. The quantitative estimate of drug-likeness (QED) is 0.376. The standard InChI is InChI=1S/C25H31N3O5S2/c1-5-12-27(24(29)33-25(2,3)4)19-8-6-18-14-20(9-7-17(18)13-19)28(35(30)31)23-11-10-22(34-23)21-15-26-16-32-21/h7,9-11,14-16,19H,5-6,8,12-13H2,1-4H3,(H,30,31). The van der Waals surface area contributed by atoms with Crippen LogP contribution in [0.25, 0.3) is 10.6 Å². The molecule has 1 N–H and O–H groups in total. The van der Waals surface area contributed by atoms with E-state index in [0.29, 0.717) is 23.0 Å². The summed E-state index contributed by atoms with van der Waals surface area (Å²) in [6, 6.07) is 9.55. The van der Waals surface area contributed by atoms with Gasteiger partial charge in [-0.2, -0.15) is 0 Å². The molecule has 35 heavy (non-hydrogen) atoms. The Hall–Kier alpha value is -2.69. The monoisotopic (exact) mass is 517 g/mol. The van der Waals surface area contributed by atoms with Crippen molar-refractivity contribution in [1.82, 2.24) is 9.88 Å². The normalized spacial score (nSPS) is 16.4. The molecule has 0 radical (unpaired) electrons. The zero-order chi connectivity index (χ0) is 25.2. The van der Waals surface area contributed by atoms with E-state index < -0.39 is 16.9 Å². The zero-order valence-electron chi connectivity index (χ0n) is 20.4. The lowest BCUT2D eigenvalue weighted by molar-refractivity contribution is 0.0146. The lowest BCUT2D eigenvalue weighted by Gasteiger charge is -2.36. The second kappa shape index (κ2) is 10.5. The van der Waals surface area contributed by atoms with E-state index >= 15 is 0 Å². The van der Waals surface area contributed by atoms with E-state index in [-0.39, 0.29) is 12.1 Å². The lowest BCUT2D eigenvalue weighted by atomic mass is 9.87. The van der Waals surface area contributed by atoms with Crippen LogP contribution >= 0.6 is 11.3 Å². The molecule has 0 saturated heterocycles. The number of aryl methyl sites for hydroxylation is 1. The first-order valence-corrected chi connectivity index (χ1v) is 13.6. The molecule has 4 rings (SSSR count). The molecule has 2 unspecified atom stereocenters. The van der Waals surface area contributed by atoms with E-state index in [1.54, 1.807) is 12.3 Å². The van der Waals surface area contributed by atoms with Crippen LogP contribution in [0.4, 0.5) is 15.5 Å². The number of benzene rings is 1. The minimum Gasteiger partial charge on any atom is -0.444 e. The number of carbonyl (C=O) groups excluding carboxylic acids is 1. The Morgan fingerprint density at radius 3 is 2.74 bits per heavy atom. The van der Waals surface area contributed by atoms with Crippen LogP contribution in [-0.2, 0) is 28.8 Å². The molecule has 0 saturated carbocycles. The third kappa shape index (κ3) is 5.94. The summed E-state index contributed by atoms with van der Waals surface area (Å²) in [5.74, 6) is 0.614. The number of aromatic nitrogens is 1. The predicted molar refractivity (Wildman–Crippen MR) is 138 cm³/mol. The van der Waals surface area contributed by atoms with Crippen LogP contribution < -0.4 is 4.31 Å². The van der Waals surface area contributed by atoms with Crippen molar-refractivity contribution in [2.24, 2.45) is 0 Å². The van der Waals surface area contributed by atoms with Crippen LogP contribution in [0.15, 0.2) is 47.3 Å². The van der Waals surface area contributed by atoms with Crippen LogP contribution in [0.1, 0.15) is 51.7 Å². The molecular formula is C25H31N3O5S2. The minimum absolute atomic E-state index is 0.0630. The molecule has 0 spiro atoms. The highest BCUT2D eigenvalue weighted by atomic mass is 32.2. The molecule has 1 aromatic carbocycles. The Kier molecular flexibility index (Phi) is 7.63. The van der Waals surface area contributed by atoms with Gasteiger partial charge in [-0.3, -0.25) is 4.55 Å². The van der Waals surface area contributed by atoms with Gasteiger partial charge in [0.1, 0.15) is 10.6 Å². The summed E-state index contributed by atoms with van der Waals surface area (Å²) in [4.78, 5) is 19.5. The fourth-order valence-electron chi connectivity index (χ4n) is 4.30. The van der Waals surface area contributed by atoms with Gasteiger partial charge in [-0.1, -0.05) is 13.0 Å². The van der Waals surface area contributed by atoms with Crippen molar-refractivity contribution in [2.45, 2.75) is 65.0 Å². The molecule has 0 fully saturated rings. The number of nitrogens with zero attached hydrogens (tertiary/aromatic N) is 3. The zero-order valence-corrected chi connectivity index (χ0v) is 22.0. The number of hydrogen-bond donors (Lipinski definition) is 1. The highest BCUT2D eigenvalue weighted by molar-refractivity contribution is 7.81. The number of thiophene rings is 1. The summed E-state index contributed by atoms with van der Waals surface area (Å²) < 4.78 is 34.8. The first kappa shape index (κ1) is 25.4. The largest absolute Gasteiger partial charge is 0.444 e. The first-order valence-electron chi connectivity index (χ1n) is 11.7. The Labute approximate surface area is 212 Å². The number of amides is 1. The number of anilines is 2. The summed E-state index contributed by atoms with van der Waals surface area (Å²) in [6.07, 6.45) is 5.87. The molecule has 2 atom stereocenters. The van der Waals surface area contributed by atoms with Gasteiger partial charge in [-0.15, -0.1) is 11.3 Å². The van der Waals surface area contributed by atoms with E-state index in [4.69, 9.17) is 9.15 Å². The van der Waals surface area contributed by atoms with Crippen molar-refractivity contribution in [3.63, 3.8) is 0 Å². The Balaban J connectivity index is 1.55. The van der Waals surface area contributed by atoms with E-state index in [1.165, 1.54) is 22.0 Å². The molecule has 2 heterocycles. The molecule has 1 amide bonds. The number of ether oxygens (including phenoxy) is 1. The SMILES string of the molecule is CCCN(C(=O)OC(C)(C)C)C1CCc2cc(N(c3ccc(-c4cnco4)s3)S(=O)O)ccc2C1. The summed E-state index contributed by atoms with van der Waals surface area (Å²) in [6.45, 7) is 8.35. The average Bonchev–Trinajstić information content (AvgIpc) is 3.48. The van der Waals surface area contributed by atoms with Crippen molar-refractivity contribution in [3.05, 3.63) is 54.0 Å². The smallest absolute Gasteiger partial charge is 0.410 e. The lowest BCUT2D eigenvalue weighted by Crippen LogP contribution is -2.46. The van der Waals surface area contributed by atoms with Gasteiger partial charge >= 0.3 is 6.09 Å². The number of hydrogen-bond acceptors (Lipinski definition) is 6. The van der Waals surface area contributed by atoms with Crippen molar-refractivity contribution < 1.29 is 22.7 Å². The highest BCUT2D eigenvalue weighted by Gasteiger charge is 2.31. The molecular weight excluding hydrogens is 486 g/mol.